The Labute approximate surface area is 107 Å². The van der Waals surface area contributed by atoms with E-state index in [0.29, 0.717) is 6.04 Å². The standard InChI is InChI=1S/C14H17N3O/c1-10-5-11-6-13(18-2)3-4-14(11)17(10)8-12-7-15-9-16-12/h3-4,6-7,9-10H,5,8H2,1-2H3,(H,15,16)/t10-/m1/s1. The van der Waals surface area contributed by atoms with E-state index in [1.165, 1.54) is 11.3 Å². The Bertz CT molecular complexity index is 536. The molecule has 1 aromatic carbocycles. The summed E-state index contributed by atoms with van der Waals surface area (Å²) in [5.41, 5.74) is 3.73. The summed E-state index contributed by atoms with van der Waals surface area (Å²) < 4.78 is 5.28. The van der Waals surface area contributed by atoms with Crippen LogP contribution in [0, 0.1) is 0 Å². The van der Waals surface area contributed by atoms with Crippen LogP contribution >= 0.6 is 0 Å². The van der Waals surface area contributed by atoms with E-state index in [9.17, 15) is 0 Å². The van der Waals surface area contributed by atoms with Gasteiger partial charge in [-0.1, -0.05) is 0 Å². The van der Waals surface area contributed by atoms with Crippen LogP contribution < -0.4 is 9.64 Å². The van der Waals surface area contributed by atoms with Crippen molar-refractivity contribution in [2.75, 3.05) is 12.0 Å². The van der Waals surface area contributed by atoms with Crippen molar-refractivity contribution in [3.63, 3.8) is 0 Å². The fourth-order valence-corrected chi connectivity index (χ4v) is 2.59. The number of aromatic amines is 1. The van der Waals surface area contributed by atoms with Gasteiger partial charge in [0.25, 0.3) is 0 Å². The molecule has 1 aliphatic heterocycles. The average Bonchev–Trinajstić information content (AvgIpc) is 2.98. The van der Waals surface area contributed by atoms with Crippen LogP contribution in [-0.2, 0) is 13.0 Å². The predicted molar refractivity (Wildman–Crippen MR) is 70.9 cm³/mol. The molecule has 0 radical (unpaired) electrons. The Morgan fingerprint density at radius 2 is 2.39 bits per heavy atom. The van der Waals surface area contributed by atoms with Crippen LogP contribution in [0.25, 0.3) is 0 Å². The van der Waals surface area contributed by atoms with Crippen molar-refractivity contribution in [2.24, 2.45) is 0 Å². The monoisotopic (exact) mass is 243 g/mol. The lowest BCUT2D eigenvalue weighted by Gasteiger charge is -2.23. The van der Waals surface area contributed by atoms with Crippen LogP contribution in [0.2, 0.25) is 0 Å². The molecule has 1 aliphatic rings. The third-order valence-electron chi connectivity index (χ3n) is 3.53. The topological polar surface area (TPSA) is 41.1 Å². The molecule has 3 rings (SSSR count). The van der Waals surface area contributed by atoms with Gasteiger partial charge in [-0.3, -0.25) is 0 Å². The largest absolute Gasteiger partial charge is 0.497 e. The molecule has 0 unspecified atom stereocenters. The number of H-pyrrole nitrogens is 1. The number of fused-ring (bicyclic) bond motifs is 1. The third-order valence-corrected chi connectivity index (χ3v) is 3.53. The van der Waals surface area contributed by atoms with Crippen LogP contribution in [0.5, 0.6) is 5.75 Å². The molecule has 1 N–H and O–H groups in total. The summed E-state index contributed by atoms with van der Waals surface area (Å²) in [5, 5.41) is 0. The molecule has 0 amide bonds. The number of anilines is 1. The van der Waals surface area contributed by atoms with E-state index in [-0.39, 0.29) is 0 Å². The molecule has 0 bridgehead atoms. The number of nitrogens with zero attached hydrogens (tertiary/aromatic N) is 2. The van der Waals surface area contributed by atoms with Gasteiger partial charge in [0.2, 0.25) is 0 Å². The van der Waals surface area contributed by atoms with Crippen molar-refractivity contribution in [3.05, 3.63) is 42.0 Å². The second kappa shape index (κ2) is 4.37. The molecular weight excluding hydrogens is 226 g/mol. The smallest absolute Gasteiger partial charge is 0.119 e. The molecule has 4 nitrogen and oxygen atoms in total. The number of imidazole rings is 1. The summed E-state index contributed by atoms with van der Waals surface area (Å²) in [7, 11) is 1.71. The van der Waals surface area contributed by atoms with Gasteiger partial charge in [0.1, 0.15) is 5.75 Å². The summed E-state index contributed by atoms with van der Waals surface area (Å²) >= 11 is 0. The molecule has 0 aliphatic carbocycles. The molecule has 2 aromatic rings. The van der Waals surface area contributed by atoms with Crippen molar-refractivity contribution in [2.45, 2.75) is 25.9 Å². The molecule has 1 aromatic heterocycles. The second-order valence-electron chi connectivity index (χ2n) is 4.74. The molecule has 0 saturated heterocycles. The fourth-order valence-electron chi connectivity index (χ4n) is 2.59. The number of hydrogen-bond donors (Lipinski definition) is 1. The molecular formula is C14H17N3O. The Morgan fingerprint density at radius 1 is 1.50 bits per heavy atom. The lowest BCUT2D eigenvalue weighted by Crippen LogP contribution is -2.28. The minimum atomic E-state index is 0.504. The number of hydrogen-bond acceptors (Lipinski definition) is 3. The summed E-state index contributed by atoms with van der Waals surface area (Å²) in [6.07, 6.45) is 4.75. The number of ether oxygens (including phenoxy) is 1. The van der Waals surface area contributed by atoms with Gasteiger partial charge in [-0.05, 0) is 37.1 Å². The van der Waals surface area contributed by atoms with Crippen LogP contribution in [0.1, 0.15) is 18.2 Å². The molecule has 94 valence electrons. The summed E-state index contributed by atoms with van der Waals surface area (Å²) in [6, 6.07) is 6.80. The van der Waals surface area contributed by atoms with Gasteiger partial charge in [0.05, 0.1) is 25.7 Å². The third kappa shape index (κ3) is 1.83. The number of benzene rings is 1. The first kappa shape index (κ1) is 11.1. The second-order valence-corrected chi connectivity index (χ2v) is 4.74. The van der Waals surface area contributed by atoms with Gasteiger partial charge < -0.3 is 14.6 Å². The van der Waals surface area contributed by atoms with Crippen LogP contribution in [-0.4, -0.2) is 23.1 Å². The average molecular weight is 243 g/mol. The van der Waals surface area contributed by atoms with Gasteiger partial charge in [0.15, 0.2) is 0 Å². The SMILES string of the molecule is COc1ccc2c(c1)C[C@@H](C)N2Cc1c[nH]cn1. The zero-order chi connectivity index (χ0) is 12.5. The van der Waals surface area contributed by atoms with Gasteiger partial charge in [0, 0.05) is 17.9 Å². The highest BCUT2D eigenvalue weighted by molar-refractivity contribution is 5.61. The van der Waals surface area contributed by atoms with E-state index in [2.05, 4.69) is 33.9 Å². The molecule has 4 heteroatoms. The molecule has 1 atom stereocenters. The Morgan fingerprint density at radius 3 is 3.11 bits per heavy atom. The summed E-state index contributed by atoms with van der Waals surface area (Å²) in [4.78, 5) is 9.70. The van der Waals surface area contributed by atoms with E-state index in [1.54, 1.807) is 13.4 Å². The van der Waals surface area contributed by atoms with Gasteiger partial charge in [-0.15, -0.1) is 0 Å². The van der Waals surface area contributed by atoms with Gasteiger partial charge in [-0.2, -0.15) is 0 Å². The van der Waals surface area contributed by atoms with E-state index in [0.717, 1.165) is 24.4 Å². The molecule has 0 spiro atoms. The first-order chi connectivity index (χ1) is 8.78. The van der Waals surface area contributed by atoms with Crippen molar-refractivity contribution in [1.29, 1.82) is 0 Å². The molecule has 18 heavy (non-hydrogen) atoms. The fraction of sp³-hybridized carbons (Fsp3) is 0.357. The van der Waals surface area contributed by atoms with E-state index in [1.807, 2.05) is 12.3 Å². The lowest BCUT2D eigenvalue weighted by molar-refractivity contribution is 0.414. The number of nitrogens with one attached hydrogen (secondary N) is 1. The first-order valence-corrected chi connectivity index (χ1v) is 6.19. The van der Waals surface area contributed by atoms with Crippen molar-refractivity contribution in [1.82, 2.24) is 9.97 Å². The highest BCUT2D eigenvalue weighted by atomic mass is 16.5. The summed E-state index contributed by atoms with van der Waals surface area (Å²) in [6.45, 7) is 3.10. The maximum absolute atomic E-state index is 5.28. The van der Waals surface area contributed by atoms with E-state index in [4.69, 9.17) is 4.74 Å². The van der Waals surface area contributed by atoms with Gasteiger partial charge in [-0.25, -0.2) is 4.98 Å². The zero-order valence-electron chi connectivity index (χ0n) is 10.7. The Balaban J connectivity index is 1.89. The highest BCUT2D eigenvalue weighted by Gasteiger charge is 2.26. The Hall–Kier alpha value is -1.97. The normalized spacial score (nSPS) is 17.9. The maximum atomic E-state index is 5.28. The van der Waals surface area contributed by atoms with Crippen molar-refractivity contribution in [3.8, 4) is 5.75 Å². The van der Waals surface area contributed by atoms with Gasteiger partial charge >= 0.3 is 0 Å². The minimum absolute atomic E-state index is 0.504. The van der Waals surface area contributed by atoms with E-state index >= 15 is 0 Å². The Kier molecular flexibility index (Phi) is 2.70. The molecule has 0 saturated carbocycles. The highest BCUT2D eigenvalue weighted by Crippen LogP contribution is 2.35. The number of aromatic nitrogens is 2. The van der Waals surface area contributed by atoms with Crippen LogP contribution in [0.3, 0.4) is 0 Å². The summed E-state index contributed by atoms with van der Waals surface area (Å²) in [5.74, 6) is 0.933. The maximum Gasteiger partial charge on any atom is 0.119 e. The lowest BCUT2D eigenvalue weighted by atomic mass is 10.1. The van der Waals surface area contributed by atoms with E-state index < -0.39 is 0 Å². The van der Waals surface area contributed by atoms with Crippen molar-refractivity contribution < 1.29 is 4.74 Å². The number of rotatable bonds is 3. The molecule has 2 heterocycles. The molecule has 0 fully saturated rings. The van der Waals surface area contributed by atoms with Crippen LogP contribution in [0.15, 0.2) is 30.7 Å². The minimum Gasteiger partial charge on any atom is -0.497 e. The first-order valence-electron chi connectivity index (χ1n) is 6.19. The van der Waals surface area contributed by atoms with Crippen LogP contribution in [0.4, 0.5) is 5.69 Å². The van der Waals surface area contributed by atoms with Crippen molar-refractivity contribution >= 4 is 5.69 Å². The zero-order valence-corrected chi connectivity index (χ0v) is 10.7. The quantitative estimate of drug-likeness (QED) is 0.899. The predicted octanol–water partition coefficient (Wildman–Crippen LogP) is 2.37. The number of methoxy groups -OCH3 is 1.